The fraction of sp³-hybridized carbons (Fsp3) is 0.143. The summed E-state index contributed by atoms with van der Waals surface area (Å²) in [6.45, 7) is 1.88. The van der Waals surface area contributed by atoms with Crippen molar-refractivity contribution in [1.29, 1.82) is 0 Å². The van der Waals surface area contributed by atoms with E-state index in [0.717, 1.165) is 15.8 Å². The van der Waals surface area contributed by atoms with Gasteiger partial charge in [-0.1, -0.05) is 11.6 Å². The summed E-state index contributed by atoms with van der Waals surface area (Å²) >= 11 is 9.15. The molecule has 0 aliphatic carbocycles. The lowest BCUT2D eigenvalue weighted by molar-refractivity contribution is 0.917. The summed E-state index contributed by atoms with van der Waals surface area (Å²) < 4.78 is 2.46. The second kappa shape index (κ2) is 2.71. The maximum absolute atomic E-state index is 5.88. The van der Waals surface area contributed by atoms with Gasteiger partial charge in [0.25, 0.3) is 0 Å². The van der Waals surface area contributed by atoms with Crippen LogP contribution in [-0.4, -0.2) is 14.6 Å². The third kappa shape index (κ3) is 1.21. The Kier molecular flexibility index (Phi) is 1.81. The van der Waals surface area contributed by atoms with Crippen LogP contribution in [0.5, 0.6) is 0 Å². The number of rotatable bonds is 0. The SMILES string of the molecule is Cc1cn2nc(Br)cc2c(Cl)n1. The summed E-state index contributed by atoms with van der Waals surface area (Å²) in [4.78, 5) is 4.10. The minimum absolute atomic E-state index is 0.480. The van der Waals surface area contributed by atoms with E-state index in [-0.39, 0.29) is 0 Å². The first-order chi connectivity index (χ1) is 5.66. The summed E-state index contributed by atoms with van der Waals surface area (Å²) in [5.41, 5.74) is 1.66. The highest BCUT2D eigenvalue weighted by Crippen LogP contribution is 2.18. The molecule has 0 fully saturated rings. The molecule has 0 unspecified atom stereocenters. The molecule has 0 radical (unpaired) electrons. The quantitative estimate of drug-likeness (QED) is 0.715. The van der Waals surface area contributed by atoms with Crippen LogP contribution in [0.3, 0.4) is 0 Å². The van der Waals surface area contributed by atoms with E-state index in [1.54, 1.807) is 4.52 Å². The van der Waals surface area contributed by atoms with E-state index in [9.17, 15) is 0 Å². The molecule has 2 aromatic rings. The van der Waals surface area contributed by atoms with Crippen LogP contribution >= 0.6 is 27.5 Å². The monoisotopic (exact) mass is 245 g/mol. The molecule has 0 bridgehead atoms. The van der Waals surface area contributed by atoms with Crippen molar-refractivity contribution < 1.29 is 0 Å². The summed E-state index contributed by atoms with van der Waals surface area (Å²) in [6, 6.07) is 1.83. The molecule has 2 heterocycles. The topological polar surface area (TPSA) is 30.2 Å². The van der Waals surface area contributed by atoms with Gasteiger partial charge in [-0.05, 0) is 22.9 Å². The highest BCUT2D eigenvalue weighted by atomic mass is 79.9. The van der Waals surface area contributed by atoms with Gasteiger partial charge in [-0.2, -0.15) is 5.10 Å². The molecule has 0 aliphatic heterocycles. The standard InChI is InChI=1S/C7H5BrClN3/c1-4-3-12-5(7(9)10-4)2-6(8)11-12/h2-3H,1H3. The van der Waals surface area contributed by atoms with Crippen LogP contribution in [0.4, 0.5) is 0 Å². The van der Waals surface area contributed by atoms with Gasteiger partial charge in [0.15, 0.2) is 5.15 Å². The fourth-order valence-corrected chi connectivity index (χ4v) is 1.70. The average molecular weight is 246 g/mol. The summed E-state index contributed by atoms with van der Waals surface area (Å²) in [7, 11) is 0. The minimum atomic E-state index is 0.480. The number of halogens is 2. The number of nitrogens with zero attached hydrogens (tertiary/aromatic N) is 3. The predicted octanol–water partition coefficient (Wildman–Crippen LogP) is 2.45. The zero-order valence-corrected chi connectivity index (χ0v) is 8.59. The first-order valence-corrected chi connectivity index (χ1v) is 4.52. The van der Waals surface area contributed by atoms with Crippen LogP contribution in [0.25, 0.3) is 5.52 Å². The molecule has 62 valence electrons. The zero-order valence-electron chi connectivity index (χ0n) is 6.25. The Labute approximate surface area is 82.5 Å². The highest BCUT2D eigenvalue weighted by molar-refractivity contribution is 9.10. The number of hydrogen-bond donors (Lipinski definition) is 0. The first-order valence-electron chi connectivity index (χ1n) is 3.35. The average Bonchev–Trinajstić information content (AvgIpc) is 2.29. The summed E-state index contributed by atoms with van der Waals surface area (Å²) in [5.74, 6) is 0. The van der Waals surface area contributed by atoms with Crippen LogP contribution in [0.15, 0.2) is 16.9 Å². The van der Waals surface area contributed by atoms with E-state index < -0.39 is 0 Å². The second-order valence-electron chi connectivity index (χ2n) is 2.47. The molecule has 3 nitrogen and oxygen atoms in total. The molecular formula is C7H5BrClN3. The Morgan fingerprint density at radius 3 is 3.08 bits per heavy atom. The van der Waals surface area contributed by atoms with Crippen LogP contribution in [-0.2, 0) is 0 Å². The molecule has 5 heteroatoms. The Morgan fingerprint density at radius 1 is 1.58 bits per heavy atom. The van der Waals surface area contributed by atoms with E-state index in [0.29, 0.717) is 5.15 Å². The number of aromatic nitrogens is 3. The number of hydrogen-bond acceptors (Lipinski definition) is 2. The van der Waals surface area contributed by atoms with Crippen molar-refractivity contribution in [3.8, 4) is 0 Å². The van der Waals surface area contributed by atoms with Gasteiger partial charge in [0.05, 0.1) is 11.9 Å². The van der Waals surface area contributed by atoms with E-state index in [1.807, 2.05) is 19.2 Å². The molecule has 0 aliphatic rings. The molecule has 0 spiro atoms. The molecule has 12 heavy (non-hydrogen) atoms. The van der Waals surface area contributed by atoms with Gasteiger partial charge in [-0.25, -0.2) is 9.50 Å². The predicted molar refractivity (Wildman–Crippen MR) is 50.4 cm³/mol. The van der Waals surface area contributed by atoms with Gasteiger partial charge in [0, 0.05) is 6.07 Å². The van der Waals surface area contributed by atoms with Crippen molar-refractivity contribution >= 4 is 33.0 Å². The maximum atomic E-state index is 5.88. The van der Waals surface area contributed by atoms with Crippen molar-refractivity contribution in [2.75, 3.05) is 0 Å². The highest BCUT2D eigenvalue weighted by Gasteiger charge is 2.04. The van der Waals surface area contributed by atoms with Gasteiger partial charge in [0.1, 0.15) is 10.1 Å². The summed E-state index contributed by atoms with van der Waals surface area (Å²) in [6.07, 6.45) is 1.83. The van der Waals surface area contributed by atoms with Gasteiger partial charge < -0.3 is 0 Å². The lowest BCUT2D eigenvalue weighted by Crippen LogP contribution is -1.92. The lowest BCUT2D eigenvalue weighted by Gasteiger charge is -1.96. The molecule has 0 N–H and O–H groups in total. The Bertz CT molecular complexity index is 437. The largest absolute Gasteiger partial charge is 0.238 e. The van der Waals surface area contributed by atoms with Crippen LogP contribution in [0.1, 0.15) is 5.69 Å². The van der Waals surface area contributed by atoms with Crippen LogP contribution in [0.2, 0.25) is 5.15 Å². The van der Waals surface area contributed by atoms with E-state index in [4.69, 9.17) is 11.6 Å². The third-order valence-corrected chi connectivity index (χ3v) is 2.17. The minimum Gasteiger partial charge on any atom is -0.238 e. The smallest absolute Gasteiger partial charge is 0.155 e. The Morgan fingerprint density at radius 2 is 2.33 bits per heavy atom. The lowest BCUT2D eigenvalue weighted by atomic mass is 10.5. The zero-order chi connectivity index (χ0) is 8.72. The fourth-order valence-electron chi connectivity index (χ4n) is 1.04. The third-order valence-electron chi connectivity index (χ3n) is 1.50. The Hall–Kier alpha value is -0.610. The van der Waals surface area contributed by atoms with Gasteiger partial charge in [-0.3, -0.25) is 0 Å². The van der Waals surface area contributed by atoms with Crippen molar-refractivity contribution in [2.45, 2.75) is 6.92 Å². The van der Waals surface area contributed by atoms with E-state index in [1.165, 1.54) is 0 Å². The molecular weight excluding hydrogens is 241 g/mol. The Balaban J connectivity index is 2.88. The van der Waals surface area contributed by atoms with Gasteiger partial charge >= 0.3 is 0 Å². The molecule has 0 amide bonds. The van der Waals surface area contributed by atoms with E-state index in [2.05, 4.69) is 26.0 Å². The van der Waals surface area contributed by atoms with Gasteiger partial charge in [0.2, 0.25) is 0 Å². The number of aryl methyl sites for hydroxylation is 1. The molecule has 0 saturated carbocycles. The molecule has 0 atom stereocenters. The summed E-state index contributed by atoms with van der Waals surface area (Å²) in [5, 5.41) is 4.62. The van der Waals surface area contributed by atoms with Crippen LogP contribution in [0, 0.1) is 6.92 Å². The van der Waals surface area contributed by atoms with Crippen molar-refractivity contribution in [3.05, 3.63) is 27.7 Å². The van der Waals surface area contributed by atoms with Gasteiger partial charge in [-0.15, -0.1) is 0 Å². The van der Waals surface area contributed by atoms with Crippen molar-refractivity contribution in [2.24, 2.45) is 0 Å². The van der Waals surface area contributed by atoms with Crippen molar-refractivity contribution in [1.82, 2.24) is 14.6 Å². The molecule has 2 rings (SSSR count). The second-order valence-corrected chi connectivity index (χ2v) is 3.64. The normalized spacial score (nSPS) is 10.9. The van der Waals surface area contributed by atoms with Crippen molar-refractivity contribution in [3.63, 3.8) is 0 Å². The van der Waals surface area contributed by atoms with E-state index >= 15 is 0 Å². The first kappa shape index (κ1) is 8.01. The molecule has 0 aromatic carbocycles. The van der Waals surface area contributed by atoms with Crippen LogP contribution < -0.4 is 0 Å². The number of fused-ring (bicyclic) bond motifs is 1. The molecule has 2 aromatic heterocycles. The molecule has 0 saturated heterocycles. The maximum Gasteiger partial charge on any atom is 0.155 e.